The first kappa shape index (κ1) is 15.1. The fourth-order valence-electron chi connectivity index (χ4n) is 3.27. The van der Waals surface area contributed by atoms with Crippen LogP contribution in [0.5, 0.6) is 5.75 Å². The first-order valence-electron chi connectivity index (χ1n) is 7.28. The molecule has 2 fully saturated rings. The second-order valence-corrected chi connectivity index (χ2v) is 5.81. The highest BCUT2D eigenvalue weighted by Gasteiger charge is 2.41. The van der Waals surface area contributed by atoms with Gasteiger partial charge in [0.15, 0.2) is 11.6 Å². The van der Waals surface area contributed by atoms with Gasteiger partial charge in [0, 0.05) is 24.2 Å². The zero-order valence-electron chi connectivity index (χ0n) is 11.9. The van der Waals surface area contributed by atoms with Gasteiger partial charge in [-0.1, -0.05) is 0 Å². The van der Waals surface area contributed by atoms with Gasteiger partial charge >= 0.3 is 6.61 Å². The Kier molecular flexibility index (Phi) is 3.99. The summed E-state index contributed by atoms with van der Waals surface area (Å²) in [6, 6.07) is 3.33. The highest BCUT2D eigenvalue weighted by molar-refractivity contribution is 5.94. The summed E-state index contributed by atoms with van der Waals surface area (Å²) in [6.45, 7) is -0.926. The topological polar surface area (TPSA) is 41.6 Å². The Morgan fingerprint density at radius 1 is 1.36 bits per heavy atom. The zero-order valence-corrected chi connectivity index (χ0v) is 11.9. The average molecular weight is 314 g/mol. The lowest BCUT2D eigenvalue weighted by Crippen LogP contribution is -2.43. The van der Waals surface area contributed by atoms with E-state index in [1.165, 1.54) is 6.07 Å². The maximum absolute atomic E-state index is 13.7. The van der Waals surface area contributed by atoms with Crippen molar-refractivity contribution in [2.75, 3.05) is 19.6 Å². The van der Waals surface area contributed by atoms with Gasteiger partial charge in [0.05, 0.1) is 0 Å². The fraction of sp³-hybridized carbons (Fsp3) is 0.533. The Morgan fingerprint density at radius 3 is 2.82 bits per heavy atom. The third kappa shape index (κ3) is 2.90. The van der Waals surface area contributed by atoms with Gasteiger partial charge in [-0.2, -0.15) is 8.78 Å². The van der Waals surface area contributed by atoms with Crippen molar-refractivity contribution < 1.29 is 22.7 Å². The SMILES string of the molecule is O=C(c1ccc(OC(F)F)c(F)c1)N1CCC2(CCCN2)C1. The van der Waals surface area contributed by atoms with Gasteiger partial charge in [0.2, 0.25) is 0 Å². The highest BCUT2D eigenvalue weighted by atomic mass is 19.3. The summed E-state index contributed by atoms with van der Waals surface area (Å²) in [5.41, 5.74) is 0.140. The molecule has 1 atom stereocenters. The number of hydrogen-bond acceptors (Lipinski definition) is 3. The molecule has 1 amide bonds. The monoisotopic (exact) mass is 314 g/mol. The molecule has 3 rings (SSSR count). The highest BCUT2D eigenvalue weighted by Crippen LogP contribution is 2.31. The summed E-state index contributed by atoms with van der Waals surface area (Å²) in [7, 11) is 0. The molecule has 1 aromatic rings. The van der Waals surface area contributed by atoms with Crippen molar-refractivity contribution in [1.29, 1.82) is 0 Å². The maximum Gasteiger partial charge on any atom is 0.387 e. The van der Waals surface area contributed by atoms with Crippen LogP contribution in [0.2, 0.25) is 0 Å². The van der Waals surface area contributed by atoms with E-state index in [2.05, 4.69) is 10.1 Å². The van der Waals surface area contributed by atoms with E-state index in [1.54, 1.807) is 4.90 Å². The number of hydrogen-bond donors (Lipinski definition) is 1. The summed E-state index contributed by atoms with van der Waals surface area (Å²) >= 11 is 0. The van der Waals surface area contributed by atoms with E-state index in [4.69, 9.17) is 0 Å². The van der Waals surface area contributed by atoms with Gasteiger partial charge in [0.25, 0.3) is 5.91 Å². The molecular formula is C15H17F3N2O2. The van der Waals surface area contributed by atoms with Crippen molar-refractivity contribution in [2.24, 2.45) is 0 Å². The van der Waals surface area contributed by atoms with Gasteiger partial charge in [0.1, 0.15) is 0 Å². The number of halogens is 3. The molecular weight excluding hydrogens is 297 g/mol. The standard InChI is InChI=1S/C15H17F3N2O2/c16-11-8-10(2-3-12(11)22-14(17)18)13(21)20-7-5-15(9-20)4-1-6-19-15/h2-3,8,14,19H,1,4-7,9H2. The van der Waals surface area contributed by atoms with Crippen LogP contribution in [0, 0.1) is 5.82 Å². The second-order valence-electron chi connectivity index (χ2n) is 5.81. The van der Waals surface area contributed by atoms with Crippen molar-refractivity contribution in [3.8, 4) is 5.75 Å². The summed E-state index contributed by atoms with van der Waals surface area (Å²) in [4.78, 5) is 14.1. The molecule has 1 unspecified atom stereocenters. The number of amides is 1. The molecule has 0 saturated carbocycles. The Hall–Kier alpha value is -1.76. The van der Waals surface area contributed by atoms with E-state index in [9.17, 15) is 18.0 Å². The number of carbonyl (C=O) groups is 1. The summed E-state index contributed by atoms with van der Waals surface area (Å²) < 4.78 is 42.0. The van der Waals surface area contributed by atoms with Crippen LogP contribution < -0.4 is 10.1 Å². The minimum absolute atomic E-state index is 0.00701. The molecule has 0 aliphatic carbocycles. The molecule has 0 aromatic heterocycles. The van der Waals surface area contributed by atoms with Gasteiger partial charge in [-0.3, -0.25) is 4.79 Å². The Morgan fingerprint density at radius 2 is 2.18 bits per heavy atom. The normalized spacial score (nSPS) is 24.5. The van der Waals surface area contributed by atoms with Crippen molar-refractivity contribution in [3.05, 3.63) is 29.6 Å². The van der Waals surface area contributed by atoms with E-state index in [-0.39, 0.29) is 17.0 Å². The van der Waals surface area contributed by atoms with Gasteiger partial charge < -0.3 is 15.0 Å². The quantitative estimate of drug-likeness (QED) is 0.931. The molecule has 1 N–H and O–H groups in total. The van der Waals surface area contributed by atoms with Gasteiger partial charge in [-0.05, 0) is 44.0 Å². The number of ether oxygens (including phenoxy) is 1. The Labute approximate surface area is 126 Å². The molecule has 1 spiro atoms. The number of benzene rings is 1. The average Bonchev–Trinajstić information content (AvgIpc) is 3.11. The van der Waals surface area contributed by atoms with Crippen LogP contribution in [0.15, 0.2) is 18.2 Å². The van der Waals surface area contributed by atoms with E-state index < -0.39 is 18.2 Å². The minimum Gasteiger partial charge on any atom is -0.432 e. The lowest BCUT2D eigenvalue weighted by Gasteiger charge is -2.24. The molecule has 2 saturated heterocycles. The molecule has 2 heterocycles. The van der Waals surface area contributed by atoms with Crippen LogP contribution in [0.4, 0.5) is 13.2 Å². The van der Waals surface area contributed by atoms with Crippen LogP contribution in [0.3, 0.4) is 0 Å². The van der Waals surface area contributed by atoms with E-state index in [1.807, 2.05) is 0 Å². The molecule has 2 aliphatic rings. The zero-order chi connectivity index (χ0) is 15.7. The summed E-state index contributed by atoms with van der Waals surface area (Å²) in [5.74, 6) is -1.80. The predicted octanol–water partition coefficient (Wildman–Crippen LogP) is 2.40. The van der Waals surface area contributed by atoms with Crippen LogP contribution in [0.1, 0.15) is 29.6 Å². The second kappa shape index (κ2) is 5.79. The summed E-state index contributed by atoms with van der Waals surface area (Å²) in [6.07, 6.45) is 3.01. The number of carbonyl (C=O) groups excluding carboxylic acids is 1. The van der Waals surface area contributed by atoms with Crippen LogP contribution >= 0.6 is 0 Å². The number of alkyl halides is 2. The first-order valence-corrected chi connectivity index (χ1v) is 7.28. The molecule has 1 aromatic carbocycles. The van der Waals surface area contributed by atoms with E-state index in [0.717, 1.165) is 37.9 Å². The lowest BCUT2D eigenvalue weighted by molar-refractivity contribution is -0.0521. The van der Waals surface area contributed by atoms with Crippen LogP contribution in [-0.2, 0) is 0 Å². The molecule has 4 nitrogen and oxygen atoms in total. The third-order valence-electron chi connectivity index (χ3n) is 4.37. The van der Waals surface area contributed by atoms with Crippen molar-refractivity contribution in [3.63, 3.8) is 0 Å². The lowest BCUT2D eigenvalue weighted by atomic mass is 9.97. The molecule has 0 bridgehead atoms. The number of nitrogens with one attached hydrogen (secondary N) is 1. The Balaban J connectivity index is 1.71. The minimum atomic E-state index is -3.09. The van der Waals surface area contributed by atoms with Crippen molar-refractivity contribution in [2.45, 2.75) is 31.4 Å². The van der Waals surface area contributed by atoms with Gasteiger partial charge in [-0.25, -0.2) is 4.39 Å². The maximum atomic E-state index is 13.7. The largest absolute Gasteiger partial charge is 0.432 e. The van der Waals surface area contributed by atoms with E-state index in [0.29, 0.717) is 13.1 Å². The number of nitrogens with zero attached hydrogens (tertiary/aromatic N) is 1. The van der Waals surface area contributed by atoms with Gasteiger partial charge in [-0.15, -0.1) is 0 Å². The molecule has 7 heteroatoms. The van der Waals surface area contributed by atoms with E-state index >= 15 is 0 Å². The van der Waals surface area contributed by atoms with Crippen LogP contribution in [-0.4, -0.2) is 42.6 Å². The molecule has 120 valence electrons. The van der Waals surface area contributed by atoms with Crippen molar-refractivity contribution in [1.82, 2.24) is 10.2 Å². The first-order chi connectivity index (χ1) is 10.5. The molecule has 22 heavy (non-hydrogen) atoms. The Bertz CT molecular complexity index is 574. The molecule has 0 radical (unpaired) electrons. The number of rotatable bonds is 3. The van der Waals surface area contributed by atoms with Crippen molar-refractivity contribution >= 4 is 5.91 Å². The smallest absolute Gasteiger partial charge is 0.387 e. The third-order valence-corrected chi connectivity index (χ3v) is 4.37. The fourth-order valence-corrected chi connectivity index (χ4v) is 3.27. The number of likely N-dealkylation sites (tertiary alicyclic amines) is 1. The predicted molar refractivity (Wildman–Crippen MR) is 73.5 cm³/mol. The summed E-state index contributed by atoms with van der Waals surface area (Å²) in [5, 5.41) is 3.44. The van der Waals surface area contributed by atoms with Crippen LogP contribution in [0.25, 0.3) is 0 Å². The molecule has 2 aliphatic heterocycles.